The van der Waals surface area contributed by atoms with E-state index in [9.17, 15) is 18.0 Å². The van der Waals surface area contributed by atoms with E-state index in [1.807, 2.05) is 0 Å². The van der Waals surface area contributed by atoms with E-state index >= 15 is 0 Å². The van der Waals surface area contributed by atoms with Crippen LogP contribution in [0.2, 0.25) is 0 Å². The number of allylic oxidation sites excluding steroid dienone is 1. The van der Waals surface area contributed by atoms with Gasteiger partial charge in [-0.2, -0.15) is 13.2 Å². The molecule has 0 N–H and O–H groups in total. The molecule has 0 bridgehead atoms. The van der Waals surface area contributed by atoms with Crippen molar-refractivity contribution in [3.05, 3.63) is 58.2 Å². The molecule has 7 heteroatoms. The summed E-state index contributed by atoms with van der Waals surface area (Å²) in [5.74, 6) is 0.416. The van der Waals surface area contributed by atoms with Gasteiger partial charge in [0.2, 0.25) is 0 Å². The summed E-state index contributed by atoms with van der Waals surface area (Å²) in [7, 11) is 4.14. The minimum Gasteiger partial charge on any atom is -0.496 e. The third-order valence-corrected chi connectivity index (χ3v) is 4.40. The molecule has 0 radical (unpaired) electrons. The van der Waals surface area contributed by atoms with Crippen molar-refractivity contribution in [2.75, 3.05) is 21.3 Å². The zero-order valence-electron chi connectivity index (χ0n) is 14.9. The van der Waals surface area contributed by atoms with Crippen molar-refractivity contribution >= 4 is 11.9 Å². The number of hydrogen-bond acceptors (Lipinski definition) is 4. The molecule has 4 nitrogen and oxygen atoms in total. The molecule has 1 aliphatic rings. The third-order valence-electron chi connectivity index (χ3n) is 4.40. The predicted octanol–water partition coefficient (Wildman–Crippen LogP) is 4.55. The lowest BCUT2D eigenvalue weighted by Gasteiger charge is -2.12. The fourth-order valence-corrected chi connectivity index (χ4v) is 3.09. The summed E-state index contributed by atoms with van der Waals surface area (Å²) in [5.41, 5.74) is 0.999. The molecule has 2 aromatic carbocycles. The SMILES string of the molecule is COc1cc2c(cc1OC)C(=O)C(=Cc1ccc(OC)c(C(F)(F)F)c1)C2. The zero-order chi connectivity index (χ0) is 19.8. The highest BCUT2D eigenvalue weighted by Gasteiger charge is 2.34. The van der Waals surface area contributed by atoms with Gasteiger partial charge in [0.1, 0.15) is 5.75 Å². The van der Waals surface area contributed by atoms with Crippen LogP contribution in [-0.4, -0.2) is 27.1 Å². The average Bonchev–Trinajstić information content (AvgIpc) is 2.94. The van der Waals surface area contributed by atoms with Crippen LogP contribution in [-0.2, 0) is 12.6 Å². The normalized spacial score (nSPS) is 15.0. The molecule has 0 aromatic heterocycles. The lowest BCUT2D eigenvalue weighted by molar-refractivity contribution is -0.138. The number of carbonyl (C=O) groups is 1. The quantitative estimate of drug-likeness (QED) is 0.732. The average molecular weight is 378 g/mol. The fourth-order valence-electron chi connectivity index (χ4n) is 3.09. The first-order valence-corrected chi connectivity index (χ1v) is 8.04. The van der Waals surface area contributed by atoms with E-state index in [1.54, 1.807) is 12.1 Å². The first-order chi connectivity index (χ1) is 12.8. The Hall–Kier alpha value is -2.96. The van der Waals surface area contributed by atoms with Gasteiger partial charge in [0.25, 0.3) is 0 Å². The second kappa shape index (κ2) is 6.98. The summed E-state index contributed by atoms with van der Waals surface area (Å²) in [6.07, 6.45) is -2.78. The molecule has 0 atom stereocenters. The van der Waals surface area contributed by atoms with Crippen molar-refractivity contribution in [3.8, 4) is 17.2 Å². The topological polar surface area (TPSA) is 44.8 Å². The molecule has 0 saturated carbocycles. The zero-order valence-corrected chi connectivity index (χ0v) is 14.9. The van der Waals surface area contributed by atoms with Crippen molar-refractivity contribution in [1.82, 2.24) is 0 Å². The van der Waals surface area contributed by atoms with Crippen LogP contribution in [0.15, 0.2) is 35.9 Å². The molecular formula is C20H17F3O4. The van der Waals surface area contributed by atoms with Gasteiger partial charge < -0.3 is 14.2 Å². The maximum atomic E-state index is 13.2. The summed E-state index contributed by atoms with van der Waals surface area (Å²) in [5, 5.41) is 0. The number of carbonyl (C=O) groups excluding carboxylic acids is 1. The molecule has 0 heterocycles. The second-order valence-electron chi connectivity index (χ2n) is 6.00. The molecule has 1 aliphatic carbocycles. The van der Waals surface area contributed by atoms with Crippen LogP contribution in [0.25, 0.3) is 6.08 Å². The van der Waals surface area contributed by atoms with Gasteiger partial charge in [0.05, 0.1) is 26.9 Å². The van der Waals surface area contributed by atoms with Crippen LogP contribution in [0.4, 0.5) is 13.2 Å². The van der Waals surface area contributed by atoms with Crippen molar-refractivity contribution in [2.24, 2.45) is 0 Å². The van der Waals surface area contributed by atoms with Crippen molar-refractivity contribution in [1.29, 1.82) is 0 Å². The number of ketones is 1. The number of Topliss-reactive ketones (excluding diaryl/α,β-unsaturated/α-hetero) is 1. The van der Waals surface area contributed by atoms with Gasteiger partial charge in [-0.3, -0.25) is 4.79 Å². The van der Waals surface area contributed by atoms with Gasteiger partial charge in [-0.1, -0.05) is 6.07 Å². The van der Waals surface area contributed by atoms with Crippen LogP contribution in [0.3, 0.4) is 0 Å². The van der Waals surface area contributed by atoms with Gasteiger partial charge in [0, 0.05) is 17.6 Å². The molecule has 0 saturated heterocycles. The molecule has 0 spiro atoms. The number of halogens is 3. The van der Waals surface area contributed by atoms with Crippen molar-refractivity contribution in [2.45, 2.75) is 12.6 Å². The number of hydrogen-bond donors (Lipinski definition) is 0. The molecule has 0 fully saturated rings. The highest BCUT2D eigenvalue weighted by atomic mass is 19.4. The Balaban J connectivity index is 2.01. The Bertz CT molecular complexity index is 930. The standard InChI is InChI=1S/C20H17F3O4/c1-25-16-5-4-11(7-15(16)20(21,22)23)6-13-8-12-9-17(26-2)18(27-3)10-14(12)19(13)24/h4-7,9-10H,8H2,1-3H3. The highest BCUT2D eigenvalue weighted by Crippen LogP contribution is 2.39. The summed E-state index contributed by atoms with van der Waals surface area (Å²) in [6.45, 7) is 0. The maximum absolute atomic E-state index is 13.2. The minimum absolute atomic E-state index is 0.240. The van der Waals surface area contributed by atoms with Crippen molar-refractivity contribution < 1.29 is 32.2 Å². The van der Waals surface area contributed by atoms with Crippen molar-refractivity contribution in [3.63, 3.8) is 0 Å². The van der Waals surface area contributed by atoms with Gasteiger partial charge in [-0.05, 0) is 41.5 Å². The van der Waals surface area contributed by atoms with Gasteiger partial charge in [-0.15, -0.1) is 0 Å². The van der Waals surface area contributed by atoms with E-state index in [2.05, 4.69) is 0 Å². The predicted molar refractivity (Wildman–Crippen MR) is 93.6 cm³/mol. The van der Waals surface area contributed by atoms with Crippen LogP contribution in [0, 0.1) is 0 Å². The fraction of sp³-hybridized carbons (Fsp3) is 0.250. The lowest BCUT2D eigenvalue weighted by atomic mass is 10.0. The van der Waals surface area contributed by atoms with Crippen LogP contribution < -0.4 is 14.2 Å². The molecule has 3 rings (SSSR count). The Labute approximate surface area is 154 Å². The molecule has 0 unspecified atom stereocenters. The number of rotatable bonds is 4. The Morgan fingerprint density at radius 1 is 0.926 bits per heavy atom. The number of ether oxygens (including phenoxy) is 3. The van der Waals surface area contributed by atoms with E-state index < -0.39 is 11.7 Å². The first-order valence-electron chi connectivity index (χ1n) is 8.04. The Morgan fingerprint density at radius 3 is 2.15 bits per heavy atom. The largest absolute Gasteiger partial charge is 0.496 e. The van der Waals surface area contributed by atoms with Crippen LogP contribution in [0.1, 0.15) is 27.0 Å². The Kier molecular flexibility index (Phi) is 4.87. The number of fused-ring (bicyclic) bond motifs is 1. The molecule has 0 aliphatic heterocycles. The smallest absolute Gasteiger partial charge is 0.419 e. The molecule has 142 valence electrons. The van der Waals surface area contributed by atoms with E-state index in [0.717, 1.165) is 11.6 Å². The summed E-state index contributed by atoms with van der Waals surface area (Å²) >= 11 is 0. The summed E-state index contributed by atoms with van der Waals surface area (Å²) < 4.78 is 54.8. The van der Waals surface area contributed by atoms with Crippen LogP contribution in [0.5, 0.6) is 17.2 Å². The molecule has 0 amide bonds. The summed E-state index contributed by atoms with van der Waals surface area (Å²) in [6, 6.07) is 7.00. The summed E-state index contributed by atoms with van der Waals surface area (Å²) in [4.78, 5) is 12.7. The van der Waals surface area contributed by atoms with E-state index in [1.165, 1.54) is 39.5 Å². The Morgan fingerprint density at radius 2 is 1.56 bits per heavy atom. The molecular weight excluding hydrogens is 361 g/mol. The number of benzene rings is 2. The minimum atomic E-state index is -4.55. The first kappa shape index (κ1) is 18.8. The maximum Gasteiger partial charge on any atom is 0.419 e. The van der Waals surface area contributed by atoms with E-state index in [-0.39, 0.29) is 17.1 Å². The third kappa shape index (κ3) is 3.49. The molecule has 27 heavy (non-hydrogen) atoms. The lowest BCUT2D eigenvalue weighted by Crippen LogP contribution is -2.07. The van der Waals surface area contributed by atoms with Gasteiger partial charge >= 0.3 is 6.18 Å². The number of alkyl halides is 3. The van der Waals surface area contributed by atoms with E-state index in [0.29, 0.717) is 29.1 Å². The van der Waals surface area contributed by atoms with Crippen LogP contribution >= 0.6 is 0 Å². The van der Waals surface area contributed by atoms with Gasteiger partial charge in [0.15, 0.2) is 17.3 Å². The van der Waals surface area contributed by atoms with E-state index in [4.69, 9.17) is 14.2 Å². The van der Waals surface area contributed by atoms with Gasteiger partial charge in [-0.25, -0.2) is 0 Å². The monoisotopic (exact) mass is 378 g/mol. The number of methoxy groups -OCH3 is 3. The highest BCUT2D eigenvalue weighted by molar-refractivity contribution is 6.16. The molecule has 2 aromatic rings. The second-order valence-corrected chi connectivity index (χ2v) is 6.00.